The van der Waals surface area contributed by atoms with Crippen molar-refractivity contribution in [2.24, 2.45) is 0 Å². The number of hydrogen-bond acceptors (Lipinski definition) is 1. The summed E-state index contributed by atoms with van der Waals surface area (Å²) in [6.07, 6.45) is 2.35. The topological polar surface area (TPSA) is 17.1 Å². The van der Waals surface area contributed by atoms with Crippen LogP contribution in [0.15, 0.2) is 18.2 Å². The molecule has 0 radical (unpaired) electrons. The molecule has 0 aliphatic heterocycles. The quantitative estimate of drug-likeness (QED) is 0.574. The molecule has 0 saturated heterocycles. The Morgan fingerprint density at radius 1 is 1.31 bits per heavy atom. The average Bonchev–Trinajstić information content (AvgIpc) is 2.17. The summed E-state index contributed by atoms with van der Waals surface area (Å²) in [4.78, 5) is 11.3. The number of hydrogen-bond donors (Lipinski definition) is 0. The maximum absolute atomic E-state index is 11.3. The molecule has 0 bridgehead atoms. The summed E-state index contributed by atoms with van der Waals surface area (Å²) in [5.74, 6) is 0.397. The van der Waals surface area contributed by atoms with Gasteiger partial charge in [0.15, 0.2) is 7.28 Å². The van der Waals surface area contributed by atoms with Gasteiger partial charge in [-0.2, -0.15) is 0 Å². The van der Waals surface area contributed by atoms with Crippen LogP contribution < -0.4 is 5.46 Å². The summed E-state index contributed by atoms with van der Waals surface area (Å²) >= 11 is 0. The highest BCUT2D eigenvalue weighted by atomic mass is 16.1. The van der Waals surface area contributed by atoms with Gasteiger partial charge in [-0.05, 0) is 17.5 Å². The van der Waals surface area contributed by atoms with E-state index in [4.69, 9.17) is 0 Å². The van der Waals surface area contributed by atoms with Crippen molar-refractivity contribution in [3.8, 4) is 0 Å². The molecule has 0 atom stereocenters. The minimum absolute atomic E-state index is 0.397. The minimum atomic E-state index is 0.397. The number of ketones is 1. The molecule has 13 heavy (non-hydrogen) atoms. The molecule has 0 spiro atoms. The van der Waals surface area contributed by atoms with Crippen molar-refractivity contribution in [1.82, 2.24) is 0 Å². The lowest BCUT2D eigenvalue weighted by atomic mass is 9.68. The van der Waals surface area contributed by atoms with E-state index in [0.29, 0.717) is 12.2 Å². The number of rotatable bonds is 1. The van der Waals surface area contributed by atoms with Crippen molar-refractivity contribution >= 4 is 18.5 Å². The van der Waals surface area contributed by atoms with Gasteiger partial charge in [-0.15, -0.1) is 0 Å². The monoisotopic (exact) mass is 172 g/mol. The van der Waals surface area contributed by atoms with Crippen LogP contribution in [0.5, 0.6) is 0 Å². The molecule has 0 N–H and O–H groups in total. The van der Waals surface area contributed by atoms with E-state index in [2.05, 4.69) is 25.0 Å². The Morgan fingerprint density at radius 2 is 2.15 bits per heavy atom. The summed E-state index contributed by atoms with van der Waals surface area (Å²) < 4.78 is 0. The van der Waals surface area contributed by atoms with Gasteiger partial charge >= 0.3 is 0 Å². The van der Waals surface area contributed by atoms with Crippen LogP contribution in [0.1, 0.15) is 17.5 Å². The van der Waals surface area contributed by atoms with Crippen molar-refractivity contribution in [2.45, 2.75) is 26.1 Å². The molecule has 0 heterocycles. The Labute approximate surface area is 79.4 Å². The van der Waals surface area contributed by atoms with Crippen LogP contribution in [0.3, 0.4) is 0 Å². The summed E-state index contributed by atoms with van der Waals surface area (Å²) in [7, 11) is 1.04. The van der Waals surface area contributed by atoms with Gasteiger partial charge in [0.1, 0.15) is 5.78 Å². The Bertz CT molecular complexity index is 330. The second kappa shape index (κ2) is 3.37. The van der Waals surface area contributed by atoms with Gasteiger partial charge in [0.25, 0.3) is 0 Å². The first-order chi connectivity index (χ1) is 6.31. The first-order valence-corrected chi connectivity index (χ1v) is 4.92. The summed E-state index contributed by atoms with van der Waals surface area (Å²) in [5.41, 5.74) is 4.05. The largest absolute Gasteiger partial charge is 0.299 e. The lowest BCUT2D eigenvalue weighted by Crippen LogP contribution is -2.25. The van der Waals surface area contributed by atoms with Crippen LogP contribution in [0.4, 0.5) is 0 Å². The molecule has 0 fully saturated rings. The lowest BCUT2D eigenvalue weighted by Gasteiger charge is -2.17. The number of carbonyl (C=O) groups excluding carboxylic acids is 1. The summed E-state index contributed by atoms with van der Waals surface area (Å²) in [6.45, 7) is 2.15. The van der Waals surface area contributed by atoms with Gasteiger partial charge in [-0.3, -0.25) is 4.79 Å². The van der Waals surface area contributed by atoms with Gasteiger partial charge in [0.05, 0.1) is 0 Å². The molecule has 1 nitrogen and oxygen atoms in total. The van der Waals surface area contributed by atoms with Crippen LogP contribution in [0.2, 0.25) is 6.82 Å². The van der Waals surface area contributed by atoms with Crippen LogP contribution in [-0.4, -0.2) is 13.1 Å². The van der Waals surface area contributed by atoms with Gasteiger partial charge in [-0.1, -0.05) is 30.5 Å². The van der Waals surface area contributed by atoms with E-state index in [1.807, 2.05) is 0 Å². The Kier molecular flexibility index (Phi) is 2.21. The fourth-order valence-electron chi connectivity index (χ4n) is 2.04. The van der Waals surface area contributed by atoms with Crippen molar-refractivity contribution in [1.29, 1.82) is 0 Å². The van der Waals surface area contributed by atoms with Crippen molar-refractivity contribution in [2.75, 3.05) is 0 Å². The maximum atomic E-state index is 11.3. The first-order valence-electron chi connectivity index (χ1n) is 4.92. The SMILES string of the molecule is CBc1cccc2c1CC(=O)CC2. The van der Waals surface area contributed by atoms with E-state index in [1.165, 1.54) is 16.6 Å². The fraction of sp³-hybridized carbons (Fsp3) is 0.364. The van der Waals surface area contributed by atoms with E-state index in [-0.39, 0.29) is 0 Å². The van der Waals surface area contributed by atoms with Crippen LogP contribution >= 0.6 is 0 Å². The molecular weight excluding hydrogens is 159 g/mol. The van der Waals surface area contributed by atoms with Gasteiger partial charge < -0.3 is 0 Å². The molecule has 0 amide bonds. The molecule has 0 aromatic heterocycles. The molecule has 2 rings (SSSR count). The molecule has 66 valence electrons. The maximum Gasteiger partial charge on any atom is 0.154 e. The number of Topliss-reactive ketones (excluding diaryl/α,β-unsaturated/α-hetero) is 1. The minimum Gasteiger partial charge on any atom is -0.299 e. The number of aryl methyl sites for hydroxylation is 1. The molecule has 1 aliphatic carbocycles. The van der Waals surface area contributed by atoms with E-state index >= 15 is 0 Å². The van der Waals surface area contributed by atoms with Gasteiger partial charge in [-0.25, -0.2) is 0 Å². The zero-order valence-corrected chi connectivity index (χ0v) is 7.97. The van der Waals surface area contributed by atoms with Gasteiger partial charge in [0, 0.05) is 12.8 Å². The third kappa shape index (κ3) is 1.53. The van der Waals surface area contributed by atoms with E-state index < -0.39 is 0 Å². The molecular formula is C11H13BO. The lowest BCUT2D eigenvalue weighted by molar-refractivity contribution is -0.118. The first kappa shape index (κ1) is 8.55. The third-order valence-corrected chi connectivity index (χ3v) is 2.80. The molecule has 1 aromatic carbocycles. The van der Waals surface area contributed by atoms with Crippen LogP contribution in [0, 0.1) is 0 Å². The second-order valence-corrected chi connectivity index (χ2v) is 3.62. The Balaban J connectivity index is 2.46. The number of fused-ring (bicyclic) bond motifs is 1. The molecule has 1 aromatic rings. The highest BCUT2D eigenvalue weighted by molar-refractivity contribution is 6.52. The summed E-state index contributed by atoms with van der Waals surface area (Å²) in [6, 6.07) is 6.39. The molecule has 0 unspecified atom stereocenters. The Morgan fingerprint density at radius 3 is 2.92 bits per heavy atom. The highest BCUT2D eigenvalue weighted by Crippen LogP contribution is 2.16. The molecule has 2 heteroatoms. The zero-order valence-electron chi connectivity index (χ0n) is 7.97. The second-order valence-electron chi connectivity index (χ2n) is 3.62. The number of benzene rings is 1. The summed E-state index contributed by atoms with van der Waals surface area (Å²) in [5, 5.41) is 0. The standard InChI is InChI=1S/C11H13BO/c1-12-11-4-2-3-8-5-6-9(13)7-10(8)11/h2-4,12H,5-7H2,1H3. The predicted molar refractivity (Wildman–Crippen MR) is 56.1 cm³/mol. The Hall–Kier alpha value is -1.05. The average molecular weight is 172 g/mol. The molecule has 1 aliphatic rings. The van der Waals surface area contributed by atoms with Crippen molar-refractivity contribution < 1.29 is 4.79 Å². The molecule has 0 saturated carbocycles. The van der Waals surface area contributed by atoms with E-state index in [9.17, 15) is 4.79 Å². The smallest absolute Gasteiger partial charge is 0.154 e. The number of carbonyl (C=O) groups is 1. The zero-order chi connectivity index (χ0) is 9.26. The third-order valence-electron chi connectivity index (χ3n) is 2.80. The normalized spacial score (nSPS) is 15.3. The van der Waals surface area contributed by atoms with Gasteiger partial charge in [0.2, 0.25) is 0 Å². The van der Waals surface area contributed by atoms with Crippen molar-refractivity contribution in [3.05, 3.63) is 29.3 Å². The van der Waals surface area contributed by atoms with E-state index in [0.717, 1.165) is 20.1 Å². The van der Waals surface area contributed by atoms with E-state index in [1.54, 1.807) is 0 Å². The fourth-order valence-corrected chi connectivity index (χ4v) is 2.04. The van der Waals surface area contributed by atoms with Crippen molar-refractivity contribution in [3.63, 3.8) is 0 Å². The predicted octanol–water partition coefficient (Wildman–Crippen LogP) is 0.854. The van der Waals surface area contributed by atoms with Crippen LogP contribution in [0.25, 0.3) is 0 Å². The highest BCUT2D eigenvalue weighted by Gasteiger charge is 2.17. The van der Waals surface area contributed by atoms with Crippen LogP contribution in [-0.2, 0) is 17.6 Å².